The topological polar surface area (TPSA) is 91.1 Å². The molecule has 1 heterocycles. The summed E-state index contributed by atoms with van der Waals surface area (Å²) in [6.45, 7) is 4.41. The van der Waals surface area contributed by atoms with Crippen LogP contribution in [0.15, 0.2) is 47.6 Å². The Kier molecular flexibility index (Phi) is 7.75. The summed E-state index contributed by atoms with van der Waals surface area (Å²) in [5.74, 6) is -0.235. The van der Waals surface area contributed by atoms with E-state index in [9.17, 15) is 14.9 Å². The third-order valence-corrected chi connectivity index (χ3v) is 5.29. The number of nitro groups is 1. The highest BCUT2D eigenvalue weighted by molar-refractivity contribution is 6.32. The van der Waals surface area contributed by atoms with Crippen LogP contribution in [0, 0.1) is 10.1 Å². The summed E-state index contributed by atoms with van der Waals surface area (Å²) in [5, 5.41) is 15.6. The fourth-order valence-electron chi connectivity index (χ4n) is 3.12. The summed E-state index contributed by atoms with van der Waals surface area (Å²) in [6, 6.07) is 12.1. The van der Waals surface area contributed by atoms with Crippen molar-refractivity contribution in [1.29, 1.82) is 0 Å². The van der Waals surface area contributed by atoms with Gasteiger partial charge in [-0.25, -0.2) is 5.43 Å². The normalized spacial score (nSPS) is 15.4. The lowest BCUT2D eigenvalue weighted by Crippen LogP contribution is -2.48. The minimum Gasteiger partial charge on any atom is -0.297 e. The predicted molar refractivity (Wildman–Crippen MR) is 117 cm³/mol. The molecule has 0 atom stereocenters. The molecule has 1 aliphatic rings. The zero-order valence-electron chi connectivity index (χ0n) is 16.1. The molecule has 1 aliphatic heterocycles. The van der Waals surface area contributed by atoms with Gasteiger partial charge in [-0.3, -0.25) is 24.7 Å². The Morgan fingerprint density at radius 3 is 2.43 bits per heavy atom. The third kappa shape index (κ3) is 6.50. The molecule has 10 heteroatoms. The number of nitrogens with zero attached hydrogens (tertiary/aromatic N) is 4. The SMILES string of the molecule is O=C(CN1CCN(Cc2ccc(Cl)cc2)CC1)N/N=C\c1ccc(Cl)c([N+](=O)[O-])c1. The maximum Gasteiger partial charge on any atom is 0.288 e. The second kappa shape index (κ2) is 10.5. The van der Waals surface area contributed by atoms with Crippen LogP contribution in [0.1, 0.15) is 11.1 Å². The molecule has 0 saturated carbocycles. The molecule has 30 heavy (non-hydrogen) atoms. The minimum atomic E-state index is -0.565. The molecule has 1 fully saturated rings. The molecule has 0 radical (unpaired) electrons. The molecule has 8 nitrogen and oxygen atoms in total. The number of hydrogen-bond acceptors (Lipinski definition) is 6. The fraction of sp³-hybridized carbons (Fsp3) is 0.300. The second-order valence-electron chi connectivity index (χ2n) is 6.94. The smallest absolute Gasteiger partial charge is 0.288 e. The molecule has 0 unspecified atom stereocenters. The number of amides is 1. The Balaban J connectivity index is 1.41. The number of nitrogens with one attached hydrogen (secondary N) is 1. The Bertz CT molecular complexity index is 929. The summed E-state index contributed by atoms with van der Waals surface area (Å²) < 4.78 is 0. The van der Waals surface area contributed by atoms with Crippen molar-refractivity contribution < 1.29 is 9.72 Å². The van der Waals surface area contributed by atoms with Crippen molar-refractivity contribution in [2.45, 2.75) is 6.54 Å². The highest BCUT2D eigenvalue weighted by Crippen LogP contribution is 2.24. The molecule has 158 valence electrons. The van der Waals surface area contributed by atoms with Crippen LogP contribution in [0.4, 0.5) is 5.69 Å². The highest BCUT2D eigenvalue weighted by atomic mass is 35.5. The first-order valence-electron chi connectivity index (χ1n) is 9.36. The van der Waals surface area contributed by atoms with Crippen molar-refractivity contribution in [1.82, 2.24) is 15.2 Å². The number of rotatable bonds is 7. The van der Waals surface area contributed by atoms with E-state index in [2.05, 4.69) is 20.3 Å². The van der Waals surface area contributed by atoms with Gasteiger partial charge in [0, 0.05) is 49.4 Å². The molecule has 3 rings (SSSR count). The summed E-state index contributed by atoms with van der Waals surface area (Å²) >= 11 is 11.7. The second-order valence-corrected chi connectivity index (χ2v) is 7.78. The van der Waals surface area contributed by atoms with Crippen molar-refractivity contribution in [2.75, 3.05) is 32.7 Å². The molecule has 1 N–H and O–H groups in total. The van der Waals surface area contributed by atoms with Crippen LogP contribution in [-0.2, 0) is 11.3 Å². The molecule has 0 bridgehead atoms. The van der Waals surface area contributed by atoms with Gasteiger partial charge in [-0.15, -0.1) is 0 Å². The quantitative estimate of drug-likeness (QED) is 0.398. The van der Waals surface area contributed by atoms with E-state index in [1.165, 1.54) is 23.9 Å². The third-order valence-electron chi connectivity index (χ3n) is 4.72. The van der Waals surface area contributed by atoms with Gasteiger partial charge in [0.2, 0.25) is 0 Å². The van der Waals surface area contributed by atoms with Gasteiger partial charge in [-0.2, -0.15) is 5.10 Å². The molecule has 1 saturated heterocycles. The largest absolute Gasteiger partial charge is 0.297 e. The summed E-state index contributed by atoms with van der Waals surface area (Å²) in [6.07, 6.45) is 1.35. The van der Waals surface area contributed by atoms with Crippen LogP contribution in [-0.4, -0.2) is 59.6 Å². The van der Waals surface area contributed by atoms with E-state index >= 15 is 0 Å². The van der Waals surface area contributed by atoms with Crippen LogP contribution < -0.4 is 5.43 Å². The Morgan fingerprint density at radius 2 is 1.77 bits per heavy atom. The van der Waals surface area contributed by atoms with E-state index in [0.717, 1.165) is 37.7 Å². The van der Waals surface area contributed by atoms with E-state index in [1.54, 1.807) is 6.07 Å². The van der Waals surface area contributed by atoms with Crippen molar-refractivity contribution >= 4 is 41.0 Å². The summed E-state index contributed by atoms with van der Waals surface area (Å²) in [7, 11) is 0. The first-order chi connectivity index (χ1) is 14.4. The fourth-order valence-corrected chi connectivity index (χ4v) is 3.43. The van der Waals surface area contributed by atoms with Gasteiger partial charge in [0.15, 0.2) is 0 Å². The number of benzene rings is 2. The lowest BCUT2D eigenvalue weighted by Gasteiger charge is -2.34. The molecule has 2 aromatic carbocycles. The van der Waals surface area contributed by atoms with Gasteiger partial charge in [0.1, 0.15) is 5.02 Å². The van der Waals surface area contributed by atoms with Crippen LogP contribution in [0.3, 0.4) is 0 Å². The van der Waals surface area contributed by atoms with Crippen molar-refractivity contribution in [3.8, 4) is 0 Å². The van der Waals surface area contributed by atoms with Crippen LogP contribution in [0.25, 0.3) is 0 Å². The van der Waals surface area contributed by atoms with Crippen LogP contribution in [0.5, 0.6) is 0 Å². The average molecular weight is 450 g/mol. The number of piperazine rings is 1. The van der Waals surface area contributed by atoms with Gasteiger partial charge in [0.05, 0.1) is 17.7 Å². The van der Waals surface area contributed by atoms with Crippen molar-refractivity contribution in [3.05, 3.63) is 73.8 Å². The zero-order chi connectivity index (χ0) is 21.5. The van der Waals surface area contributed by atoms with E-state index in [1.807, 2.05) is 24.3 Å². The monoisotopic (exact) mass is 449 g/mol. The van der Waals surface area contributed by atoms with Gasteiger partial charge < -0.3 is 0 Å². The molecular weight excluding hydrogens is 429 g/mol. The van der Waals surface area contributed by atoms with Crippen molar-refractivity contribution in [3.63, 3.8) is 0 Å². The van der Waals surface area contributed by atoms with E-state index in [0.29, 0.717) is 5.56 Å². The average Bonchev–Trinajstić information content (AvgIpc) is 2.72. The zero-order valence-corrected chi connectivity index (χ0v) is 17.6. The van der Waals surface area contributed by atoms with Gasteiger partial charge in [-0.05, 0) is 23.8 Å². The molecule has 0 aromatic heterocycles. The predicted octanol–water partition coefficient (Wildman–Crippen LogP) is 3.17. The van der Waals surface area contributed by atoms with Gasteiger partial charge in [0.25, 0.3) is 11.6 Å². The van der Waals surface area contributed by atoms with E-state index in [4.69, 9.17) is 23.2 Å². The standard InChI is InChI=1S/C20H21Cl2N5O3/c21-17-4-1-15(2-5-17)13-25-7-9-26(10-8-25)14-20(28)24-23-12-16-3-6-18(22)19(11-16)27(29)30/h1-6,11-12H,7-10,13-14H2,(H,24,28)/b23-12-. The summed E-state index contributed by atoms with van der Waals surface area (Å²) in [5.41, 5.74) is 3.94. The first kappa shape index (κ1) is 22.2. The van der Waals surface area contributed by atoms with Crippen molar-refractivity contribution in [2.24, 2.45) is 5.10 Å². The highest BCUT2D eigenvalue weighted by Gasteiger charge is 2.19. The van der Waals surface area contributed by atoms with E-state index < -0.39 is 4.92 Å². The lowest BCUT2D eigenvalue weighted by atomic mass is 10.2. The van der Waals surface area contributed by atoms with E-state index in [-0.39, 0.29) is 23.2 Å². The minimum absolute atomic E-state index is 0.0522. The number of carbonyl (C=O) groups excluding carboxylic acids is 1. The molecule has 0 spiro atoms. The van der Waals surface area contributed by atoms with Gasteiger partial charge >= 0.3 is 0 Å². The molecule has 1 amide bonds. The number of nitro benzene ring substituents is 1. The number of hydrogen-bond donors (Lipinski definition) is 1. The number of halogens is 2. The molecular formula is C20H21Cl2N5O3. The van der Waals surface area contributed by atoms with Gasteiger partial charge in [-0.1, -0.05) is 41.4 Å². The molecule has 0 aliphatic carbocycles. The maximum absolute atomic E-state index is 12.1. The Hall–Kier alpha value is -2.52. The Labute approximate surface area is 184 Å². The maximum atomic E-state index is 12.1. The number of hydrazone groups is 1. The van der Waals surface area contributed by atoms with Crippen LogP contribution >= 0.6 is 23.2 Å². The lowest BCUT2D eigenvalue weighted by molar-refractivity contribution is -0.384. The molecule has 2 aromatic rings. The first-order valence-corrected chi connectivity index (χ1v) is 10.1. The number of carbonyl (C=O) groups is 1. The summed E-state index contributed by atoms with van der Waals surface area (Å²) in [4.78, 5) is 26.9. The van der Waals surface area contributed by atoms with Crippen LogP contribution in [0.2, 0.25) is 10.0 Å². The Morgan fingerprint density at radius 1 is 1.10 bits per heavy atom.